The summed E-state index contributed by atoms with van der Waals surface area (Å²) in [6.07, 6.45) is 1.67. The smallest absolute Gasteiger partial charge is 0.456 e. The summed E-state index contributed by atoms with van der Waals surface area (Å²) in [5.74, 6) is 3.67. The van der Waals surface area contributed by atoms with Crippen LogP contribution >= 0.6 is 19.4 Å². The SMILES string of the molecule is COC1N(c2ccccc2)N=C(c2ccccc2)N1c1ccccc1.C[O-].[CH3-].[Cl][Ru]([Cl])=[CH]c1ccccc1.[Na+].c1ccc(-c2nn(-c3ccccc3)c[n+]2-c2ccccc2)cc1.c1ccc(C2=NN(c3ccccc3)CN2c2ccccc2)cc1.c1ccc(C2=NN(c3ccccc3)[CH-]N2c2ccccc2)cc1. The van der Waals surface area contributed by atoms with E-state index in [0.29, 0.717) is 6.67 Å². The van der Waals surface area contributed by atoms with Crippen molar-refractivity contribution in [1.82, 2.24) is 9.78 Å². The number of para-hydroxylation sites is 8. The van der Waals surface area contributed by atoms with Crippen LogP contribution in [0.1, 0.15) is 22.3 Å². The molecule has 0 saturated carbocycles. The third-order valence-electron chi connectivity index (χ3n) is 16.5. The summed E-state index contributed by atoms with van der Waals surface area (Å²) in [6, 6.07) is 133. The largest absolute Gasteiger partial charge is 1.00 e. The van der Waals surface area contributed by atoms with E-state index in [2.05, 4.69) is 165 Å². The quantitative estimate of drug-likeness (QED) is 0.0597. The van der Waals surface area contributed by atoms with Crippen LogP contribution in [0.5, 0.6) is 0 Å². The van der Waals surface area contributed by atoms with E-state index in [1.165, 1.54) is 0 Å². The Balaban J connectivity index is 0.000000145. The van der Waals surface area contributed by atoms with E-state index in [1.807, 2.05) is 286 Å². The number of methoxy groups -OCH3 is 1. The number of hydrogen-bond donors (Lipinski definition) is 0. The Bertz CT molecular complexity index is 4850. The van der Waals surface area contributed by atoms with Gasteiger partial charge in [0.25, 0.3) is 0 Å². The van der Waals surface area contributed by atoms with E-state index in [-0.39, 0.29) is 43.3 Å². The van der Waals surface area contributed by atoms with Crippen molar-refractivity contribution in [3.63, 3.8) is 0 Å². The number of ether oxygens (including phenoxy) is 1. The molecule has 0 fully saturated rings. The van der Waals surface area contributed by atoms with Gasteiger partial charge in [0.1, 0.15) is 23.9 Å². The zero-order chi connectivity index (χ0) is 72.9. The van der Waals surface area contributed by atoms with Crippen LogP contribution in [0.2, 0.25) is 0 Å². The summed E-state index contributed by atoms with van der Waals surface area (Å²) in [5.41, 5.74) is 14.0. The van der Waals surface area contributed by atoms with Gasteiger partial charge >= 0.3 is 109 Å². The summed E-state index contributed by atoms with van der Waals surface area (Å²) in [6.45, 7) is 2.73. The van der Waals surface area contributed by atoms with Crippen LogP contribution in [-0.2, 0) is 18.3 Å². The fourth-order valence-corrected chi connectivity index (χ4v) is 13.4. The van der Waals surface area contributed by atoms with Gasteiger partial charge in [-0.05, 0) is 109 Å². The zero-order valence-corrected chi connectivity index (χ0v) is 65.6. The number of benzene rings is 13. The van der Waals surface area contributed by atoms with Gasteiger partial charge in [0, 0.05) is 46.5 Å². The molecule has 14 nitrogen and oxygen atoms in total. The van der Waals surface area contributed by atoms with Crippen LogP contribution in [0.4, 0.5) is 34.1 Å². The molecule has 4 heterocycles. The maximum absolute atomic E-state index is 8.25. The Morgan fingerprint density at radius 3 is 1.24 bits per heavy atom. The molecule has 1 aromatic heterocycles. The molecular weight excluding hydrogens is 1480 g/mol. The zero-order valence-electron chi connectivity index (χ0n) is 60.3. The summed E-state index contributed by atoms with van der Waals surface area (Å²) < 4.78 is 11.8. The van der Waals surface area contributed by atoms with Crippen LogP contribution < -0.4 is 69.0 Å². The van der Waals surface area contributed by atoms with Crippen molar-refractivity contribution in [3.05, 3.63) is 437 Å². The number of halogens is 2. The van der Waals surface area contributed by atoms with E-state index in [9.17, 15) is 0 Å². The second-order valence-corrected chi connectivity index (χ2v) is 29.2. The van der Waals surface area contributed by atoms with Gasteiger partial charge in [-0.1, -0.05) is 259 Å². The maximum atomic E-state index is 8.25. The van der Waals surface area contributed by atoms with Gasteiger partial charge < -0.3 is 32.1 Å². The van der Waals surface area contributed by atoms with E-state index >= 15 is 0 Å². The molecule has 18 heteroatoms. The van der Waals surface area contributed by atoms with Crippen LogP contribution in [0.3, 0.4) is 0 Å². The van der Waals surface area contributed by atoms with Gasteiger partial charge in [0.15, 0.2) is 11.7 Å². The Morgan fingerprint density at radius 2 is 0.778 bits per heavy atom. The molecular formula is C90H80Cl2N12NaO2Ru-. The first-order valence-electron chi connectivity index (χ1n) is 34.2. The minimum absolute atomic E-state index is 0. The fourth-order valence-electron chi connectivity index (χ4n) is 11.6. The van der Waals surface area contributed by atoms with E-state index in [4.69, 9.17) is 49.6 Å². The molecule has 0 radical (unpaired) electrons. The molecule has 1 unspecified atom stereocenters. The van der Waals surface area contributed by atoms with Crippen LogP contribution in [-0.4, -0.2) is 59.1 Å². The second-order valence-electron chi connectivity index (χ2n) is 23.5. The van der Waals surface area contributed by atoms with Gasteiger partial charge in [-0.3, -0.25) is 4.90 Å². The third kappa shape index (κ3) is 21.1. The van der Waals surface area contributed by atoms with Crippen molar-refractivity contribution >= 4 is 75.6 Å². The second kappa shape index (κ2) is 41.6. The van der Waals surface area contributed by atoms with Gasteiger partial charge in [0.2, 0.25) is 12.7 Å². The van der Waals surface area contributed by atoms with Crippen LogP contribution in [0.15, 0.2) is 416 Å². The molecule has 0 saturated heterocycles. The first-order valence-corrected chi connectivity index (χ1v) is 39.7. The first kappa shape index (κ1) is 79.4. The molecule has 0 bridgehead atoms. The topological polar surface area (TPSA) is 111 Å². The molecule has 13 aromatic carbocycles. The molecule has 3 aliphatic rings. The molecule has 536 valence electrons. The van der Waals surface area contributed by atoms with Gasteiger partial charge in [0.05, 0.1) is 22.0 Å². The Kier molecular flexibility index (Phi) is 30.6. The third-order valence-corrected chi connectivity index (χ3v) is 18.4. The van der Waals surface area contributed by atoms with Crippen molar-refractivity contribution in [1.29, 1.82) is 0 Å². The standard InChI is InChI=1S/C21H19N3O.C20H17N3.2C20H16N3.C7H6.CH3O.CH3.2ClH.Na.Ru/c1-25-21-23(18-13-7-3-8-14-18)20(17-11-5-2-6-12-17)22-24(21)19-15-9-4-10-16-19;3*1-4-10-17(11-5-1)20-21-23(19-14-8-3-9-15-19)16-22(20)18-12-6-2-7-13-18;1-7-5-3-2-4-6-7;1-2;;;;;/h2-16,21H,1H3;1-15H,16H2;2*1-16H;1-6H;1H3;1H3;2*1H;;/q;;-1;+1;;2*-1;;;+1;+2/p-2. The molecule has 0 amide bonds. The molecule has 0 spiro atoms. The fraction of sp³-hybridized carbons (Fsp3) is 0.0444. The minimum Gasteiger partial charge on any atom is -0.456 e. The van der Waals surface area contributed by atoms with Crippen molar-refractivity contribution in [2.45, 2.75) is 6.35 Å². The number of hydrogen-bond acceptors (Lipinski definition) is 12. The van der Waals surface area contributed by atoms with E-state index in [1.54, 1.807) is 7.11 Å². The summed E-state index contributed by atoms with van der Waals surface area (Å²) >= 11 is -1.61. The number of aromatic nitrogens is 3. The van der Waals surface area contributed by atoms with Crippen molar-refractivity contribution in [2.75, 3.05) is 50.6 Å². The number of rotatable bonds is 14. The van der Waals surface area contributed by atoms with Crippen LogP contribution in [0, 0.1) is 14.1 Å². The Hall–Kier alpha value is -11.2. The number of hydrazone groups is 3. The summed E-state index contributed by atoms with van der Waals surface area (Å²) in [7, 11) is 13.8. The Labute approximate surface area is 669 Å². The predicted molar refractivity (Wildman–Crippen MR) is 439 cm³/mol. The van der Waals surface area contributed by atoms with Crippen molar-refractivity contribution in [2.24, 2.45) is 15.3 Å². The molecule has 3 aliphatic heterocycles. The molecule has 17 rings (SSSR count). The maximum Gasteiger partial charge on any atom is 1.00 e. The average molecular weight is 1560 g/mol. The number of amidine groups is 3. The monoisotopic (exact) mass is 1560 g/mol. The van der Waals surface area contributed by atoms with Crippen molar-refractivity contribution < 1.29 is 57.5 Å². The average Bonchev–Trinajstić information content (AvgIpc) is 1.64. The van der Waals surface area contributed by atoms with E-state index < -0.39 is 13.5 Å². The predicted octanol–water partition coefficient (Wildman–Crippen LogP) is 16.1. The first-order chi connectivity index (χ1) is 52.4. The van der Waals surface area contributed by atoms with Crippen molar-refractivity contribution in [3.8, 4) is 22.8 Å². The molecule has 1 atom stereocenters. The molecule has 108 heavy (non-hydrogen) atoms. The van der Waals surface area contributed by atoms with E-state index in [0.717, 1.165) is 104 Å². The summed E-state index contributed by atoms with van der Waals surface area (Å²) in [5, 5.41) is 33.5. The molecule has 14 aromatic rings. The number of nitrogens with zero attached hydrogens (tertiary/aromatic N) is 12. The van der Waals surface area contributed by atoms with Gasteiger partial charge in [-0.2, -0.15) is 21.9 Å². The number of anilines is 6. The van der Waals surface area contributed by atoms with Gasteiger partial charge in [-0.25, -0.2) is 10.0 Å². The van der Waals surface area contributed by atoms with Gasteiger partial charge in [-0.15, -0.1) is 11.8 Å². The van der Waals surface area contributed by atoms with Crippen LogP contribution in [0.25, 0.3) is 22.8 Å². The molecule has 0 N–H and O–H groups in total. The summed E-state index contributed by atoms with van der Waals surface area (Å²) in [4.78, 5) is 6.47. The Morgan fingerprint density at radius 1 is 0.407 bits per heavy atom. The normalized spacial score (nSPS) is 13.2. The minimum atomic E-state index is -1.61. The molecule has 0 aliphatic carbocycles.